The van der Waals surface area contributed by atoms with E-state index in [0.717, 1.165) is 22.1 Å². The number of aromatic nitrogens is 1. The largest absolute Gasteiger partial charge is 0.462 e. The van der Waals surface area contributed by atoms with Crippen molar-refractivity contribution in [3.8, 4) is 16.9 Å². The Morgan fingerprint density at radius 2 is 1.83 bits per heavy atom. The number of ether oxygens (including phenoxy) is 2. The van der Waals surface area contributed by atoms with Crippen LogP contribution in [0.25, 0.3) is 21.9 Å². The molecule has 0 aliphatic carbocycles. The molecule has 0 saturated carbocycles. The first-order valence-electron chi connectivity index (χ1n) is 9.59. The third kappa shape index (κ3) is 3.60. The molecule has 1 aliphatic heterocycles. The van der Waals surface area contributed by atoms with E-state index in [0.29, 0.717) is 11.1 Å². The van der Waals surface area contributed by atoms with E-state index >= 15 is 0 Å². The van der Waals surface area contributed by atoms with Gasteiger partial charge >= 0.3 is 0 Å². The van der Waals surface area contributed by atoms with Crippen molar-refractivity contribution in [2.24, 2.45) is 0 Å². The lowest BCUT2D eigenvalue weighted by Gasteiger charge is -2.39. The van der Waals surface area contributed by atoms with Crippen LogP contribution in [0.15, 0.2) is 53.5 Å². The molecule has 2 heterocycles. The topological polar surface area (TPSA) is 132 Å². The summed E-state index contributed by atoms with van der Waals surface area (Å²) in [5.41, 5.74) is 2.35. The number of aliphatic hydroxyl groups excluding tert-OH is 4. The van der Waals surface area contributed by atoms with Crippen molar-refractivity contribution in [1.82, 2.24) is 4.98 Å². The van der Waals surface area contributed by atoms with Crippen LogP contribution in [0.3, 0.4) is 0 Å². The van der Waals surface area contributed by atoms with E-state index in [1.165, 1.54) is 0 Å². The van der Waals surface area contributed by atoms with Gasteiger partial charge < -0.3 is 34.9 Å². The number of benzene rings is 2. The molecule has 1 saturated heterocycles. The fourth-order valence-corrected chi connectivity index (χ4v) is 3.71. The molecule has 3 aromatic rings. The Hall–Kier alpha value is -2.75. The summed E-state index contributed by atoms with van der Waals surface area (Å²) in [4.78, 5) is 14.7. The van der Waals surface area contributed by atoms with Crippen LogP contribution in [-0.2, 0) is 4.74 Å². The molecule has 30 heavy (non-hydrogen) atoms. The van der Waals surface area contributed by atoms with Gasteiger partial charge in [-0.15, -0.1) is 0 Å². The maximum Gasteiger partial charge on any atom is 0.255 e. The van der Waals surface area contributed by atoms with E-state index in [9.17, 15) is 25.2 Å². The number of aromatic amines is 1. The summed E-state index contributed by atoms with van der Waals surface area (Å²) in [7, 11) is 0. The average molecular weight is 413 g/mol. The van der Waals surface area contributed by atoms with Gasteiger partial charge in [0.1, 0.15) is 30.2 Å². The molecular formula is C22H23NO7. The molecule has 0 amide bonds. The van der Waals surface area contributed by atoms with Crippen molar-refractivity contribution in [2.75, 3.05) is 6.61 Å². The van der Waals surface area contributed by atoms with Crippen molar-refractivity contribution in [3.05, 3.63) is 64.6 Å². The highest BCUT2D eigenvalue weighted by molar-refractivity contribution is 5.96. The maximum absolute atomic E-state index is 12.1. The van der Waals surface area contributed by atoms with Gasteiger partial charge in [0.2, 0.25) is 6.29 Å². The number of hydrogen-bond acceptors (Lipinski definition) is 7. The first-order chi connectivity index (χ1) is 14.4. The Labute approximate surface area is 172 Å². The van der Waals surface area contributed by atoms with Crippen molar-refractivity contribution in [1.29, 1.82) is 0 Å². The van der Waals surface area contributed by atoms with Crippen molar-refractivity contribution >= 4 is 10.8 Å². The highest BCUT2D eigenvalue weighted by Gasteiger charge is 2.44. The zero-order valence-electron chi connectivity index (χ0n) is 16.2. The molecule has 0 radical (unpaired) electrons. The number of rotatable bonds is 4. The van der Waals surface area contributed by atoms with Gasteiger partial charge in [0, 0.05) is 11.6 Å². The number of pyridine rings is 1. The second-order valence-electron chi connectivity index (χ2n) is 7.37. The number of H-pyrrole nitrogens is 1. The van der Waals surface area contributed by atoms with Gasteiger partial charge in [0.05, 0.1) is 6.61 Å². The van der Waals surface area contributed by atoms with Crippen LogP contribution in [0.5, 0.6) is 5.75 Å². The summed E-state index contributed by atoms with van der Waals surface area (Å²) in [6.07, 6.45) is -5.11. The van der Waals surface area contributed by atoms with Crippen LogP contribution in [-0.4, -0.2) is 62.7 Å². The Balaban J connectivity index is 1.63. The standard InChI is InChI=1S/C22H23NO7/c1-11-9-12(13-3-2-4-15-14(13)7-8-23-21(15)28)5-6-16(11)29-22-20(27)19(26)18(25)17(10-24)30-22/h2-9,17-20,22,24-27H,10H2,1H3,(H,23,28)/t17-,18-,19+,20+,22+/m0/s1. The molecule has 5 atom stereocenters. The molecule has 5 N–H and O–H groups in total. The van der Waals surface area contributed by atoms with Crippen LogP contribution in [0.2, 0.25) is 0 Å². The van der Waals surface area contributed by atoms with Gasteiger partial charge in [0.15, 0.2) is 0 Å². The molecule has 1 fully saturated rings. The molecule has 8 heteroatoms. The molecule has 8 nitrogen and oxygen atoms in total. The predicted molar refractivity (Wildman–Crippen MR) is 109 cm³/mol. The summed E-state index contributed by atoms with van der Waals surface area (Å²) in [6.45, 7) is 1.30. The first-order valence-corrected chi connectivity index (χ1v) is 9.59. The minimum atomic E-state index is -1.51. The number of aryl methyl sites for hydroxylation is 1. The molecule has 4 rings (SSSR count). The van der Waals surface area contributed by atoms with E-state index in [-0.39, 0.29) is 5.56 Å². The van der Waals surface area contributed by atoms with Crippen molar-refractivity contribution in [3.63, 3.8) is 0 Å². The molecule has 0 spiro atoms. The quantitative estimate of drug-likeness (QED) is 0.425. The summed E-state index contributed by atoms with van der Waals surface area (Å²) < 4.78 is 11.1. The zero-order valence-corrected chi connectivity index (χ0v) is 16.2. The molecule has 158 valence electrons. The highest BCUT2D eigenvalue weighted by atomic mass is 16.7. The maximum atomic E-state index is 12.1. The monoisotopic (exact) mass is 413 g/mol. The van der Waals surface area contributed by atoms with Gasteiger partial charge in [-0.2, -0.15) is 0 Å². The SMILES string of the molecule is Cc1cc(-c2cccc3c(=O)[nH]ccc23)ccc1O[C@@H]1O[C@@H](CO)[C@H](O)[C@@H](O)[C@H]1O. The Morgan fingerprint density at radius 1 is 1.03 bits per heavy atom. The third-order valence-electron chi connectivity index (χ3n) is 5.39. The van der Waals surface area contributed by atoms with Gasteiger partial charge in [0.25, 0.3) is 5.56 Å². The van der Waals surface area contributed by atoms with Gasteiger partial charge in [-0.3, -0.25) is 4.79 Å². The van der Waals surface area contributed by atoms with Crippen molar-refractivity contribution < 1.29 is 29.9 Å². The van der Waals surface area contributed by atoms with Crippen LogP contribution < -0.4 is 10.3 Å². The number of nitrogens with one attached hydrogen (secondary N) is 1. The fraction of sp³-hybridized carbons (Fsp3) is 0.318. The molecule has 0 bridgehead atoms. The van der Waals surface area contributed by atoms with Crippen molar-refractivity contribution in [2.45, 2.75) is 37.6 Å². The van der Waals surface area contributed by atoms with Crippen LogP contribution >= 0.6 is 0 Å². The smallest absolute Gasteiger partial charge is 0.255 e. The lowest BCUT2D eigenvalue weighted by molar-refractivity contribution is -0.277. The van der Waals surface area contributed by atoms with E-state index in [4.69, 9.17) is 9.47 Å². The number of aliphatic hydroxyl groups is 4. The lowest BCUT2D eigenvalue weighted by atomic mass is 9.97. The van der Waals surface area contributed by atoms with Crippen LogP contribution in [0.1, 0.15) is 5.56 Å². The van der Waals surface area contributed by atoms with Gasteiger partial charge in [-0.05, 0) is 53.3 Å². The highest BCUT2D eigenvalue weighted by Crippen LogP contribution is 2.32. The second-order valence-corrected chi connectivity index (χ2v) is 7.37. The Bertz CT molecular complexity index is 1110. The second kappa shape index (κ2) is 8.17. The lowest BCUT2D eigenvalue weighted by Crippen LogP contribution is -2.60. The molecular weight excluding hydrogens is 390 g/mol. The number of hydrogen-bond donors (Lipinski definition) is 5. The molecule has 1 aliphatic rings. The first kappa shape index (κ1) is 20.5. The van der Waals surface area contributed by atoms with Gasteiger partial charge in [-0.25, -0.2) is 0 Å². The van der Waals surface area contributed by atoms with Crippen LogP contribution in [0.4, 0.5) is 0 Å². The summed E-state index contributed by atoms with van der Waals surface area (Å²) >= 11 is 0. The van der Waals surface area contributed by atoms with E-state index in [1.54, 1.807) is 18.3 Å². The molecule has 2 aromatic carbocycles. The molecule has 1 aromatic heterocycles. The van der Waals surface area contributed by atoms with E-state index in [2.05, 4.69) is 4.98 Å². The summed E-state index contributed by atoms with van der Waals surface area (Å²) in [5.74, 6) is 0.418. The zero-order chi connectivity index (χ0) is 21.4. The molecule has 0 unspecified atom stereocenters. The summed E-state index contributed by atoms with van der Waals surface area (Å²) in [5, 5.41) is 40.7. The minimum absolute atomic E-state index is 0.159. The van der Waals surface area contributed by atoms with Crippen LogP contribution in [0, 0.1) is 6.92 Å². The normalized spacial score (nSPS) is 26.6. The summed E-state index contributed by atoms with van der Waals surface area (Å²) in [6, 6.07) is 12.8. The third-order valence-corrected chi connectivity index (χ3v) is 5.39. The minimum Gasteiger partial charge on any atom is -0.462 e. The average Bonchev–Trinajstić information content (AvgIpc) is 2.75. The fourth-order valence-electron chi connectivity index (χ4n) is 3.71. The Kier molecular flexibility index (Phi) is 5.59. The number of fused-ring (bicyclic) bond motifs is 1. The predicted octanol–water partition coefficient (Wildman–Crippen LogP) is 0.682. The van der Waals surface area contributed by atoms with E-state index in [1.807, 2.05) is 37.3 Å². The van der Waals surface area contributed by atoms with Gasteiger partial charge in [-0.1, -0.05) is 18.2 Å². The Morgan fingerprint density at radius 3 is 2.57 bits per heavy atom. The van der Waals surface area contributed by atoms with E-state index < -0.39 is 37.3 Å².